The fourth-order valence-corrected chi connectivity index (χ4v) is 4.34. The van der Waals surface area contributed by atoms with Crippen LogP contribution in [-0.4, -0.2) is 47.9 Å². The minimum Gasteiger partial charge on any atom is -0.399 e. The van der Waals surface area contributed by atoms with E-state index in [2.05, 4.69) is 16.8 Å². The third-order valence-electron chi connectivity index (χ3n) is 5.59. The van der Waals surface area contributed by atoms with E-state index in [0.29, 0.717) is 12.3 Å². The van der Waals surface area contributed by atoms with Gasteiger partial charge in [-0.1, -0.05) is 37.5 Å². The molecule has 1 saturated heterocycles. The molecule has 1 aliphatic carbocycles. The fraction of sp³-hybridized carbons (Fsp3) is 0.632. The highest BCUT2D eigenvalue weighted by atomic mass is 16.2. The van der Waals surface area contributed by atoms with Crippen molar-refractivity contribution >= 4 is 11.6 Å². The lowest BCUT2D eigenvalue weighted by Crippen LogP contribution is -2.63. The van der Waals surface area contributed by atoms with E-state index in [4.69, 9.17) is 5.73 Å². The second kappa shape index (κ2) is 6.91. The Labute approximate surface area is 139 Å². The summed E-state index contributed by atoms with van der Waals surface area (Å²) in [5, 5.41) is 0. The van der Waals surface area contributed by atoms with E-state index in [1.807, 2.05) is 24.3 Å². The van der Waals surface area contributed by atoms with Gasteiger partial charge in [0.05, 0.1) is 5.54 Å². The molecule has 0 atom stereocenters. The molecule has 1 spiro atoms. The molecule has 1 amide bonds. The molecule has 0 radical (unpaired) electrons. The summed E-state index contributed by atoms with van der Waals surface area (Å²) in [6, 6.07) is 7.88. The van der Waals surface area contributed by atoms with Gasteiger partial charge in [0.25, 0.3) is 0 Å². The average molecular weight is 315 g/mol. The molecular formula is C19H29N3O. The van der Waals surface area contributed by atoms with Crippen LogP contribution in [-0.2, 0) is 11.2 Å². The topological polar surface area (TPSA) is 49.6 Å². The zero-order valence-electron chi connectivity index (χ0n) is 14.3. The first kappa shape index (κ1) is 16.3. The third kappa shape index (κ3) is 3.52. The number of likely N-dealkylation sites (N-methyl/N-ethyl adjacent to an activating group) is 1. The Morgan fingerprint density at radius 2 is 1.91 bits per heavy atom. The highest BCUT2D eigenvalue weighted by molar-refractivity contribution is 5.78. The number of benzene rings is 1. The molecule has 0 unspecified atom stereocenters. The molecule has 126 valence electrons. The van der Waals surface area contributed by atoms with Crippen LogP contribution >= 0.6 is 0 Å². The largest absolute Gasteiger partial charge is 0.399 e. The summed E-state index contributed by atoms with van der Waals surface area (Å²) in [6.07, 6.45) is 7.46. The molecule has 0 aromatic heterocycles. The van der Waals surface area contributed by atoms with Gasteiger partial charge in [-0.3, -0.25) is 4.79 Å². The number of nitrogens with two attached hydrogens (primary N) is 1. The van der Waals surface area contributed by atoms with Gasteiger partial charge >= 0.3 is 0 Å². The first-order chi connectivity index (χ1) is 11.1. The summed E-state index contributed by atoms with van der Waals surface area (Å²) in [4.78, 5) is 17.5. The number of para-hydroxylation sites is 1. The number of nitrogen functional groups attached to an aromatic ring is 1. The van der Waals surface area contributed by atoms with E-state index in [9.17, 15) is 4.79 Å². The van der Waals surface area contributed by atoms with Gasteiger partial charge in [-0.2, -0.15) is 0 Å². The van der Waals surface area contributed by atoms with Gasteiger partial charge in [0.2, 0.25) is 5.91 Å². The van der Waals surface area contributed by atoms with Gasteiger partial charge in [-0.25, -0.2) is 0 Å². The van der Waals surface area contributed by atoms with Crippen molar-refractivity contribution in [2.45, 2.75) is 50.5 Å². The fourth-order valence-electron chi connectivity index (χ4n) is 4.34. The van der Waals surface area contributed by atoms with Crippen molar-refractivity contribution < 1.29 is 4.79 Å². The zero-order chi connectivity index (χ0) is 16.3. The summed E-state index contributed by atoms with van der Waals surface area (Å²) in [5.41, 5.74) is 7.98. The molecule has 1 heterocycles. The van der Waals surface area contributed by atoms with Crippen molar-refractivity contribution in [2.24, 2.45) is 0 Å². The predicted octanol–water partition coefficient (Wildman–Crippen LogP) is 2.68. The number of hydrogen-bond donors (Lipinski definition) is 1. The molecule has 3 rings (SSSR count). The SMILES string of the molecule is CN1CCN(C(=O)CCc2ccccc2N)C2(CCCCC2)C1. The van der Waals surface area contributed by atoms with Crippen molar-refractivity contribution in [3.63, 3.8) is 0 Å². The third-order valence-corrected chi connectivity index (χ3v) is 5.59. The van der Waals surface area contributed by atoms with Gasteiger partial charge < -0.3 is 15.5 Å². The molecule has 23 heavy (non-hydrogen) atoms. The Kier molecular flexibility index (Phi) is 4.90. The van der Waals surface area contributed by atoms with Gasteiger partial charge in [0, 0.05) is 31.7 Å². The molecule has 1 saturated carbocycles. The molecule has 2 N–H and O–H groups in total. The quantitative estimate of drug-likeness (QED) is 0.873. The van der Waals surface area contributed by atoms with Gasteiger partial charge in [-0.15, -0.1) is 0 Å². The summed E-state index contributed by atoms with van der Waals surface area (Å²) < 4.78 is 0. The maximum Gasteiger partial charge on any atom is 0.223 e. The molecule has 2 aliphatic rings. The minimum atomic E-state index is 0.0879. The van der Waals surface area contributed by atoms with Crippen LogP contribution in [0.1, 0.15) is 44.1 Å². The van der Waals surface area contributed by atoms with Crippen molar-refractivity contribution in [1.29, 1.82) is 0 Å². The van der Waals surface area contributed by atoms with Crippen LogP contribution in [0, 0.1) is 0 Å². The van der Waals surface area contributed by atoms with Gasteiger partial charge in [-0.05, 0) is 37.9 Å². The number of piperazine rings is 1. The number of aryl methyl sites for hydroxylation is 1. The van der Waals surface area contributed by atoms with Crippen LogP contribution in [0.5, 0.6) is 0 Å². The molecule has 0 bridgehead atoms. The molecule has 4 heteroatoms. The lowest BCUT2D eigenvalue weighted by Gasteiger charge is -2.52. The van der Waals surface area contributed by atoms with E-state index in [0.717, 1.165) is 50.1 Å². The van der Waals surface area contributed by atoms with Crippen LogP contribution < -0.4 is 5.73 Å². The standard InChI is InChI=1S/C19H29N3O/c1-21-13-14-22(19(15-21)11-5-2-6-12-19)18(23)10-9-16-7-3-4-8-17(16)20/h3-4,7-8H,2,5-6,9-15,20H2,1H3. The predicted molar refractivity (Wildman–Crippen MR) is 94.2 cm³/mol. The summed E-state index contributed by atoms with van der Waals surface area (Å²) >= 11 is 0. The number of carbonyl (C=O) groups excluding carboxylic acids is 1. The second-order valence-electron chi connectivity index (χ2n) is 7.27. The summed E-state index contributed by atoms with van der Waals surface area (Å²) in [7, 11) is 2.18. The maximum atomic E-state index is 12.9. The Hall–Kier alpha value is -1.55. The first-order valence-corrected chi connectivity index (χ1v) is 8.93. The lowest BCUT2D eigenvalue weighted by atomic mass is 9.78. The molecule has 1 aromatic rings. The molecule has 1 aliphatic heterocycles. The lowest BCUT2D eigenvalue weighted by molar-refractivity contribution is -0.144. The number of anilines is 1. The average Bonchev–Trinajstić information content (AvgIpc) is 2.54. The van der Waals surface area contributed by atoms with E-state index in [-0.39, 0.29) is 5.54 Å². The number of nitrogens with zero attached hydrogens (tertiary/aromatic N) is 2. The van der Waals surface area contributed by atoms with Gasteiger partial charge in [0.1, 0.15) is 0 Å². The zero-order valence-corrected chi connectivity index (χ0v) is 14.3. The first-order valence-electron chi connectivity index (χ1n) is 8.93. The van der Waals surface area contributed by atoms with Crippen molar-refractivity contribution in [3.8, 4) is 0 Å². The Bertz CT molecular complexity index is 551. The smallest absolute Gasteiger partial charge is 0.223 e. The van der Waals surface area contributed by atoms with E-state index < -0.39 is 0 Å². The summed E-state index contributed by atoms with van der Waals surface area (Å²) in [5.74, 6) is 0.309. The van der Waals surface area contributed by atoms with Crippen LogP contribution in [0.4, 0.5) is 5.69 Å². The highest BCUT2D eigenvalue weighted by Gasteiger charge is 2.43. The van der Waals surface area contributed by atoms with E-state index in [1.165, 1.54) is 19.3 Å². The number of carbonyl (C=O) groups is 1. The summed E-state index contributed by atoms with van der Waals surface area (Å²) in [6.45, 7) is 2.90. The van der Waals surface area contributed by atoms with Crippen LogP contribution in [0.25, 0.3) is 0 Å². The van der Waals surface area contributed by atoms with Crippen molar-refractivity contribution in [1.82, 2.24) is 9.80 Å². The molecule has 4 nitrogen and oxygen atoms in total. The molecule has 2 fully saturated rings. The Morgan fingerprint density at radius 3 is 2.65 bits per heavy atom. The van der Waals surface area contributed by atoms with Crippen LogP contribution in [0.3, 0.4) is 0 Å². The van der Waals surface area contributed by atoms with E-state index in [1.54, 1.807) is 0 Å². The number of hydrogen-bond acceptors (Lipinski definition) is 3. The van der Waals surface area contributed by atoms with Crippen molar-refractivity contribution in [2.75, 3.05) is 32.4 Å². The van der Waals surface area contributed by atoms with Crippen LogP contribution in [0.15, 0.2) is 24.3 Å². The normalized spacial score (nSPS) is 21.5. The molecular weight excluding hydrogens is 286 g/mol. The highest BCUT2D eigenvalue weighted by Crippen LogP contribution is 2.36. The van der Waals surface area contributed by atoms with Crippen molar-refractivity contribution in [3.05, 3.63) is 29.8 Å². The molecule has 1 aromatic carbocycles. The Balaban J connectivity index is 1.68. The maximum absolute atomic E-state index is 12.9. The monoisotopic (exact) mass is 315 g/mol. The minimum absolute atomic E-state index is 0.0879. The Morgan fingerprint density at radius 1 is 1.17 bits per heavy atom. The van der Waals surface area contributed by atoms with Crippen LogP contribution in [0.2, 0.25) is 0 Å². The van der Waals surface area contributed by atoms with E-state index >= 15 is 0 Å². The number of amides is 1. The number of rotatable bonds is 3. The van der Waals surface area contributed by atoms with Gasteiger partial charge in [0.15, 0.2) is 0 Å². The second-order valence-corrected chi connectivity index (χ2v) is 7.27.